The van der Waals surface area contributed by atoms with Gasteiger partial charge in [-0.1, -0.05) is 6.07 Å². The molecule has 1 aromatic rings. The van der Waals surface area contributed by atoms with Crippen molar-refractivity contribution in [2.75, 3.05) is 11.9 Å². The summed E-state index contributed by atoms with van der Waals surface area (Å²) in [5.41, 5.74) is 1.97. The van der Waals surface area contributed by atoms with Gasteiger partial charge in [0.05, 0.1) is 5.69 Å². The van der Waals surface area contributed by atoms with Crippen molar-refractivity contribution in [3.63, 3.8) is 0 Å². The molecule has 0 radical (unpaired) electrons. The number of carbonyl (C=O) groups excluding carboxylic acids is 1. The van der Waals surface area contributed by atoms with Crippen LogP contribution in [0.15, 0.2) is 18.2 Å². The molecule has 0 saturated heterocycles. The number of hydrogen-bond donors (Lipinski definition) is 2. The van der Waals surface area contributed by atoms with E-state index >= 15 is 0 Å². The first-order valence-corrected chi connectivity index (χ1v) is 5.75. The summed E-state index contributed by atoms with van der Waals surface area (Å²) >= 11 is 0. The van der Waals surface area contributed by atoms with Crippen molar-refractivity contribution in [3.05, 3.63) is 23.8 Å². The summed E-state index contributed by atoms with van der Waals surface area (Å²) in [4.78, 5) is 11.2. The second-order valence-electron chi connectivity index (χ2n) is 5.27. The minimum Gasteiger partial charge on any atom is -0.482 e. The van der Waals surface area contributed by atoms with Crippen molar-refractivity contribution in [2.45, 2.75) is 32.9 Å². The third kappa shape index (κ3) is 3.20. The third-order valence-corrected chi connectivity index (χ3v) is 2.50. The van der Waals surface area contributed by atoms with E-state index in [9.17, 15) is 4.79 Å². The van der Waals surface area contributed by atoms with Gasteiger partial charge in [0.15, 0.2) is 6.61 Å². The largest absolute Gasteiger partial charge is 0.482 e. The van der Waals surface area contributed by atoms with Crippen LogP contribution in [0.4, 0.5) is 5.69 Å². The van der Waals surface area contributed by atoms with E-state index in [0.717, 1.165) is 23.5 Å². The van der Waals surface area contributed by atoms with Crippen LogP contribution in [0.5, 0.6) is 5.75 Å². The molecule has 0 fully saturated rings. The number of rotatable bonds is 2. The number of ether oxygens (including phenoxy) is 1. The molecule has 0 spiro atoms. The number of benzene rings is 1. The fourth-order valence-corrected chi connectivity index (χ4v) is 1.61. The molecule has 2 rings (SSSR count). The minimum absolute atomic E-state index is 0.0790. The van der Waals surface area contributed by atoms with Crippen molar-refractivity contribution >= 4 is 11.6 Å². The Morgan fingerprint density at radius 2 is 2.18 bits per heavy atom. The topological polar surface area (TPSA) is 50.4 Å². The van der Waals surface area contributed by atoms with Crippen LogP contribution in [0.2, 0.25) is 0 Å². The normalized spacial score (nSPS) is 14.9. The number of amides is 1. The number of fused-ring (bicyclic) bond motifs is 1. The molecule has 0 aromatic heterocycles. The Hall–Kier alpha value is -1.55. The molecule has 4 heteroatoms. The van der Waals surface area contributed by atoms with Gasteiger partial charge in [0.25, 0.3) is 5.91 Å². The van der Waals surface area contributed by atoms with Crippen LogP contribution < -0.4 is 15.4 Å². The summed E-state index contributed by atoms with van der Waals surface area (Å²) in [5, 5.41) is 6.21. The van der Waals surface area contributed by atoms with Crippen LogP contribution in [0.3, 0.4) is 0 Å². The summed E-state index contributed by atoms with van der Waals surface area (Å²) in [6, 6.07) is 5.86. The number of hydrogen-bond acceptors (Lipinski definition) is 3. The Kier molecular flexibility index (Phi) is 3.07. The lowest BCUT2D eigenvalue weighted by atomic mass is 10.1. The predicted molar refractivity (Wildman–Crippen MR) is 67.2 cm³/mol. The lowest BCUT2D eigenvalue weighted by Gasteiger charge is -2.22. The molecule has 0 aliphatic carbocycles. The van der Waals surface area contributed by atoms with Crippen molar-refractivity contribution < 1.29 is 9.53 Å². The summed E-state index contributed by atoms with van der Waals surface area (Å²) in [6.07, 6.45) is 0. The Bertz CT molecular complexity index is 436. The van der Waals surface area contributed by atoms with Gasteiger partial charge in [-0.3, -0.25) is 4.79 Å². The fraction of sp³-hybridized carbons (Fsp3) is 0.462. The maximum atomic E-state index is 11.2. The highest BCUT2D eigenvalue weighted by Gasteiger charge is 2.16. The van der Waals surface area contributed by atoms with E-state index in [-0.39, 0.29) is 18.1 Å². The van der Waals surface area contributed by atoms with Gasteiger partial charge < -0.3 is 15.4 Å². The second kappa shape index (κ2) is 4.37. The van der Waals surface area contributed by atoms with Gasteiger partial charge in [-0.15, -0.1) is 0 Å². The molecular formula is C13H18N2O2. The van der Waals surface area contributed by atoms with E-state index in [0.29, 0.717) is 0 Å². The molecule has 2 N–H and O–H groups in total. The molecule has 1 heterocycles. The lowest BCUT2D eigenvalue weighted by molar-refractivity contribution is -0.118. The average Bonchev–Trinajstić information content (AvgIpc) is 2.24. The number of nitrogens with one attached hydrogen (secondary N) is 2. The van der Waals surface area contributed by atoms with Crippen molar-refractivity contribution in [1.29, 1.82) is 0 Å². The molecular weight excluding hydrogens is 216 g/mol. The standard InChI is InChI=1S/C13H18N2O2/c1-13(2,3)14-7-9-4-5-11-10(6-9)15-12(16)8-17-11/h4-6,14H,7-8H2,1-3H3,(H,15,16). The van der Waals surface area contributed by atoms with E-state index in [2.05, 4.69) is 31.4 Å². The summed E-state index contributed by atoms with van der Waals surface area (Å²) < 4.78 is 5.30. The van der Waals surface area contributed by atoms with Gasteiger partial charge in [-0.2, -0.15) is 0 Å². The van der Waals surface area contributed by atoms with Gasteiger partial charge >= 0.3 is 0 Å². The zero-order chi connectivity index (χ0) is 12.5. The SMILES string of the molecule is CC(C)(C)NCc1ccc2c(c1)NC(=O)CO2. The molecule has 0 atom stereocenters. The fourth-order valence-electron chi connectivity index (χ4n) is 1.61. The van der Waals surface area contributed by atoms with Crippen LogP contribution in [0.1, 0.15) is 26.3 Å². The molecule has 0 bridgehead atoms. The Labute approximate surface area is 101 Å². The first kappa shape index (κ1) is 11.9. The summed E-state index contributed by atoms with van der Waals surface area (Å²) in [6.45, 7) is 7.24. The van der Waals surface area contributed by atoms with Crippen molar-refractivity contribution in [1.82, 2.24) is 5.32 Å². The predicted octanol–water partition coefficient (Wildman–Crippen LogP) is 1.91. The number of anilines is 1. The molecule has 1 aliphatic heterocycles. The molecule has 0 unspecified atom stereocenters. The first-order valence-electron chi connectivity index (χ1n) is 5.75. The van der Waals surface area contributed by atoms with Gasteiger partial charge in [0.2, 0.25) is 0 Å². The van der Waals surface area contributed by atoms with Gasteiger partial charge in [-0.05, 0) is 38.5 Å². The summed E-state index contributed by atoms with van der Waals surface area (Å²) in [5.74, 6) is 0.641. The molecule has 92 valence electrons. The highest BCUT2D eigenvalue weighted by molar-refractivity contribution is 5.95. The maximum Gasteiger partial charge on any atom is 0.262 e. The zero-order valence-corrected chi connectivity index (χ0v) is 10.5. The van der Waals surface area contributed by atoms with Crippen LogP contribution >= 0.6 is 0 Å². The van der Waals surface area contributed by atoms with Gasteiger partial charge in [-0.25, -0.2) is 0 Å². The van der Waals surface area contributed by atoms with Gasteiger partial charge in [0.1, 0.15) is 5.75 Å². The molecule has 17 heavy (non-hydrogen) atoms. The zero-order valence-electron chi connectivity index (χ0n) is 10.5. The van der Waals surface area contributed by atoms with E-state index < -0.39 is 0 Å². The molecule has 0 saturated carbocycles. The molecule has 1 aliphatic rings. The molecule has 4 nitrogen and oxygen atoms in total. The Morgan fingerprint density at radius 1 is 1.41 bits per heavy atom. The highest BCUT2D eigenvalue weighted by Crippen LogP contribution is 2.28. The van der Waals surface area contributed by atoms with Crippen LogP contribution in [0, 0.1) is 0 Å². The van der Waals surface area contributed by atoms with Crippen molar-refractivity contribution in [2.24, 2.45) is 0 Å². The van der Waals surface area contributed by atoms with E-state index in [1.165, 1.54) is 0 Å². The van der Waals surface area contributed by atoms with Crippen LogP contribution in [0.25, 0.3) is 0 Å². The maximum absolute atomic E-state index is 11.2. The molecule has 1 amide bonds. The lowest BCUT2D eigenvalue weighted by Crippen LogP contribution is -2.35. The van der Waals surface area contributed by atoms with E-state index in [1.54, 1.807) is 0 Å². The van der Waals surface area contributed by atoms with Crippen LogP contribution in [-0.4, -0.2) is 18.1 Å². The first-order chi connectivity index (χ1) is 7.94. The Morgan fingerprint density at radius 3 is 2.88 bits per heavy atom. The monoisotopic (exact) mass is 234 g/mol. The average molecular weight is 234 g/mol. The quantitative estimate of drug-likeness (QED) is 0.821. The third-order valence-electron chi connectivity index (χ3n) is 2.50. The minimum atomic E-state index is -0.0987. The highest BCUT2D eigenvalue weighted by atomic mass is 16.5. The van der Waals surface area contributed by atoms with Gasteiger partial charge in [0, 0.05) is 12.1 Å². The van der Waals surface area contributed by atoms with E-state index in [1.807, 2.05) is 18.2 Å². The molecule has 1 aromatic carbocycles. The smallest absolute Gasteiger partial charge is 0.262 e. The van der Waals surface area contributed by atoms with Crippen molar-refractivity contribution in [3.8, 4) is 5.75 Å². The van der Waals surface area contributed by atoms with Crippen LogP contribution in [-0.2, 0) is 11.3 Å². The summed E-state index contributed by atoms with van der Waals surface area (Å²) in [7, 11) is 0. The number of carbonyl (C=O) groups is 1. The Balaban J connectivity index is 2.10. The second-order valence-corrected chi connectivity index (χ2v) is 5.27. The van der Waals surface area contributed by atoms with E-state index in [4.69, 9.17) is 4.74 Å².